The Balaban J connectivity index is 2.12. The summed E-state index contributed by atoms with van der Waals surface area (Å²) in [5, 5.41) is 28.4. The molecule has 2 aliphatic rings. The minimum atomic E-state index is -0.445. The van der Waals surface area contributed by atoms with Gasteiger partial charge in [0.25, 0.3) is 0 Å². The van der Waals surface area contributed by atoms with Gasteiger partial charge < -0.3 is 15.3 Å². The van der Waals surface area contributed by atoms with Crippen LogP contribution in [-0.4, -0.2) is 58.2 Å². The molecule has 13 heavy (non-hydrogen) atoms. The van der Waals surface area contributed by atoms with E-state index in [-0.39, 0.29) is 24.7 Å². The first-order valence-corrected chi connectivity index (χ1v) is 4.95. The molecule has 0 spiro atoms. The third-order valence-corrected chi connectivity index (χ3v) is 3.38. The molecule has 4 heteroatoms. The molecule has 0 amide bonds. The summed E-state index contributed by atoms with van der Waals surface area (Å²) in [5.41, 5.74) is 0. The van der Waals surface area contributed by atoms with Gasteiger partial charge in [-0.05, 0) is 12.8 Å². The Morgan fingerprint density at radius 2 is 1.69 bits per heavy atom. The number of hydrogen-bond acceptors (Lipinski definition) is 4. The number of rotatable bonds is 1. The minimum absolute atomic E-state index is 0.0197. The maximum absolute atomic E-state index is 9.68. The summed E-state index contributed by atoms with van der Waals surface area (Å²) in [6.45, 7) is 1.72. The quantitative estimate of drug-likeness (QED) is 0.482. The second-order valence-corrected chi connectivity index (χ2v) is 4.09. The number of hydrogen-bond donors (Lipinski definition) is 3. The Hall–Kier alpha value is -0.160. The van der Waals surface area contributed by atoms with Crippen molar-refractivity contribution in [2.45, 2.75) is 31.1 Å². The molecule has 2 heterocycles. The van der Waals surface area contributed by atoms with E-state index < -0.39 is 6.10 Å². The first-order chi connectivity index (χ1) is 6.24. The van der Waals surface area contributed by atoms with Crippen LogP contribution in [0.25, 0.3) is 0 Å². The first-order valence-electron chi connectivity index (χ1n) is 4.95. The van der Waals surface area contributed by atoms with Crippen molar-refractivity contribution in [3.63, 3.8) is 0 Å². The molecule has 3 N–H and O–H groups in total. The highest BCUT2D eigenvalue weighted by Gasteiger charge is 2.44. The van der Waals surface area contributed by atoms with Crippen LogP contribution in [0.4, 0.5) is 0 Å². The average molecular weight is 187 g/mol. The van der Waals surface area contributed by atoms with Crippen LogP contribution in [0.2, 0.25) is 0 Å². The van der Waals surface area contributed by atoms with Gasteiger partial charge in [-0.25, -0.2) is 0 Å². The number of piperidine rings is 1. The van der Waals surface area contributed by atoms with Gasteiger partial charge in [-0.3, -0.25) is 4.90 Å². The molecular weight excluding hydrogens is 170 g/mol. The summed E-state index contributed by atoms with van der Waals surface area (Å²) in [7, 11) is 0. The van der Waals surface area contributed by atoms with Crippen LogP contribution in [-0.2, 0) is 0 Å². The van der Waals surface area contributed by atoms with Gasteiger partial charge in [0.2, 0.25) is 0 Å². The van der Waals surface area contributed by atoms with Gasteiger partial charge in [0.05, 0.1) is 12.2 Å². The van der Waals surface area contributed by atoms with Gasteiger partial charge in [-0.2, -0.15) is 0 Å². The van der Waals surface area contributed by atoms with E-state index in [0.29, 0.717) is 6.42 Å². The standard InChI is InChI=1S/C9H17NO3/c11-5-6-7(12)1-3-10-4-2-8(13)9(6)10/h6-9,11-13H,1-5H2. The summed E-state index contributed by atoms with van der Waals surface area (Å²) in [6.07, 6.45) is 0.675. The van der Waals surface area contributed by atoms with Gasteiger partial charge in [0.1, 0.15) is 0 Å². The van der Waals surface area contributed by atoms with Crippen LogP contribution >= 0.6 is 0 Å². The Morgan fingerprint density at radius 1 is 1.08 bits per heavy atom. The van der Waals surface area contributed by atoms with E-state index >= 15 is 0 Å². The van der Waals surface area contributed by atoms with Crippen molar-refractivity contribution >= 4 is 0 Å². The van der Waals surface area contributed by atoms with E-state index in [1.54, 1.807) is 0 Å². The van der Waals surface area contributed by atoms with E-state index in [1.807, 2.05) is 0 Å². The zero-order valence-electron chi connectivity index (χ0n) is 7.63. The number of aliphatic hydroxyl groups excluding tert-OH is 3. The van der Waals surface area contributed by atoms with Gasteiger partial charge >= 0.3 is 0 Å². The molecule has 2 aliphatic heterocycles. The molecule has 0 saturated carbocycles. The Labute approximate surface area is 77.8 Å². The Kier molecular flexibility index (Phi) is 2.55. The Bertz CT molecular complexity index is 188. The van der Waals surface area contributed by atoms with Crippen molar-refractivity contribution in [3.05, 3.63) is 0 Å². The molecule has 2 rings (SSSR count). The third kappa shape index (κ3) is 1.48. The Morgan fingerprint density at radius 3 is 2.31 bits per heavy atom. The van der Waals surface area contributed by atoms with E-state index in [4.69, 9.17) is 5.11 Å². The fourth-order valence-corrected chi connectivity index (χ4v) is 2.65. The lowest BCUT2D eigenvalue weighted by atomic mass is 9.86. The highest BCUT2D eigenvalue weighted by atomic mass is 16.3. The molecule has 4 nitrogen and oxygen atoms in total. The summed E-state index contributed by atoms with van der Waals surface area (Å²) < 4.78 is 0. The molecule has 0 radical (unpaired) electrons. The second kappa shape index (κ2) is 3.53. The molecule has 0 aromatic heterocycles. The van der Waals surface area contributed by atoms with Gasteiger partial charge in [-0.15, -0.1) is 0 Å². The SMILES string of the molecule is OCC1C(O)CCN2CCC(O)C12. The van der Waals surface area contributed by atoms with Crippen LogP contribution < -0.4 is 0 Å². The van der Waals surface area contributed by atoms with Gasteiger partial charge in [0, 0.05) is 31.7 Å². The fourth-order valence-electron chi connectivity index (χ4n) is 2.65. The summed E-state index contributed by atoms with van der Waals surface area (Å²) in [5.74, 6) is -0.161. The lowest BCUT2D eigenvalue weighted by Crippen LogP contribution is -2.52. The number of nitrogens with zero attached hydrogens (tertiary/aromatic N) is 1. The van der Waals surface area contributed by atoms with Crippen LogP contribution in [0.1, 0.15) is 12.8 Å². The zero-order chi connectivity index (χ0) is 9.42. The monoisotopic (exact) mass is 187 g/mol. The van der Waals surface area contributed by atoms with Crippen molar-refractivity contribution in [2.75, 3.05) is 19.7 Å². The second-order valence-electron chi connectivity index (χ2n) is 4.09. The average Bonchev–Trinajstić information content (AvgIpc) is 2.49. The minimum Gasteiger partial charge on any atom is -0.396 e. The molecule has 2 saturated heterocycles. The predicted molar refractivity (Wildman–Crippen MR) is 47.2 cm³/mol. The van der Waals surface area contributed by atoms with E-state index in [0.717, 1.165) is 19.5 Å². The van der Waals surface area contributed by atoms with Crippen molar-refractivity contribution in [3.8, 4) is 0 Å². The highest BCUT2D eigenvalue weighted by molar-refractivity contribution is 4.97. The molecule has 76 valence electrons. The highest BCUT2D eigenvalue weighted by Crippen LogP contribution is 2.31. The maximum atomic E-state index is 9.68. The van der Waals surface area contributed by atoms with E-state index in [9.17, 15) is 10.2 Å². The summed E-state index contributed by atoms with van der Waals surface area (Å²) in [4.78, 5) is 2.18. The van der Waals surface area contributed by atoms with Gasteiger partial charge in [0.15, 0.2) is 0 Å². The largest absolute Gasteiger partial charge is 0.396 e. The first kappa shape index (κ1) is 9.40. The van der Waals surface area contributed by atoms with Crippen LogP contribution in [0.5, 0.6) is 0 Å². The normalized spacial score (nSPS) is 46.4. The molecule has 0 aliphatic carbocycles. The third-order valence-electron chi connectivity index (χ3n) is 3.38. The van der Waals surface area contributed by atoms with Gasteiger partial charge in [-0.1, -0.05) is 0 Å². The van der Waals surface area contributed by atoms with E-state index in [2.05, 4.69) is 4.90 Å². The molecular formula is C9H17NO3. The molecule has 4 unspecified atom stereocenters. The smallest absolute Gasteiger partial charge is 0.0712 e. The van der Waals surface area contributed by atoms with Crippen LogP contribution in [0.3, 0.4) is 0 Å². The molecule has 4 atom stereocenters. The molecule has 0 aromatic rings. The van der Waals surface area contributed by atoms with Crippen molar-refractivity contribution < 1.29 is 15.3 Å². The summed E-state index contributed by atoms with van der Waals surface area (Å²) in [6, 6.07) is -0.0197. The van der Waals surface area contributed by atoms with Crippen molar-refractivity contribution in [1.29, 1.82) is 0 Å². The maximum Gasteiger partial charge on any atom is 0.0712 e. The number of fused-ring (bicyclic) bond motifs is 1. The van der Waals surface area contributed by atoms with Crippen molar-refractivity contribution in [2.24, 2.45) is 5.92 Å². The molecule has 0 bridgehead atoms. The lowest BCUT2D eigenvalue weighted by Gasteiger charge is -2.40. The zero-order valence-corrected chi connectivity index (χ0v) is 7.63. The number of aliphatic hydroxyl groups is 3. The van der Waals surface area contributed by atoms with E-state index in [1.165, 1.54) is 0 Å². The summed E-state index contributed by atoms with van der Waals surface area (Å²) >= 11 is 0. The predicted octanol–water partition coefficient (Wildman–Crippen LogP) is -1.21. The van der Waals surface area contributed by atoms with Crippen LogP contribution in [0, 0.1) is 5.92 Å². The molecule has 0 aromatic carbocycles. The lowest BCUT2D eigenvalue weighted by molar-refractivity contribution is -0.0520. The fraction of sp³-hybridized carbons (Fsp3) is 1.00. The van der Waals surface area contributed by atoms with Crippen LogP contribution in [0.15, 0.2) is 0 Å². The molecule has 2 fully saturated rings. The van der Waals surface area contributed by atoms with Crippen molar-refractivity contribution in [1.82, 2.24) is 4.90 Å². The topological polar surface area (TPSA) is 63.9 Å².